The first-order chi connectivity index (χ1) is 11.8. The molecule has 1 aromatic carbocycles. The first-order valence-electron chi connectivity index (χ1n) is 7.78. The molecule has 1 N–H and O–H groups in total. The average molecular weight is 378 g/mol. The molecule has 1 atom stereocenters. The van der Waals surface area contributed by atoms with E-state index in [1.54, 1.807) is 25.1 Å². The normalized spacial score (nSPS) is 20.0. The van der Waals surface area contributed by atoms with Crippen LogP contribution < -0.4 is 4.72 Å². The molecule has 2 heterocycles. The Morgan fingerprint density at radius 3 is 2.48 bits per heavy atom. The van der Waals surface area contributed by atoms with Gasteiger partial charge in [0.05, 0.1) is 11.3 Å². The van der Waals surface area contributed by atoms with E-state index < -0.39 is 21.5 Å². The van der Waals surface area contributed by atoms with Crippen LogP contribution in [-0.2, 0) is 26.0 Å². The number of amides is 2. The predicted octanol–water partition coefficient (Wildman–Crippen LogP) is 1.79. The van der Waals surface area contributed by atoms with Crippen LogP contribution in [0.15, 0.2) is 52.7 Å². The van der Waals surface area contributed by atoms with Gasteiger partial charge < -0.3 is 4.90 Å². The maximum Gasteiger partial charge on any atom is 0.264 e. The molecule has 6 nitrogen and oxygen atoms in total. The Morgan fingerprint density at radius 1 is 1.20 bits per heavy atom. The summed E-state index contributed by atoms with van der Waals surface area (Å²) in [7, 11) is -3.95. The van der Waals surface area contributed by atoms with Gasteiger partial charge in [-0.15, -0.1) is 11.3 Å². The van der Waals surface area contributed by atoms with Crippen molar-refractivity contribution in [1.82, 2.24) is 9.62 Å². The molecule has 1 aliphatic rings. The maximum atomic E-state index is 12.6. The standard InChI is InChI=1S/C17H18N2O4S2/c1-17(9-10-19(17)15(20)12-13-6-5-11-24-13)16(21)18-25(22,23)14-7-3-2-4-8-14/h2-8,11H,9-10,12H2,1H3,(H,18,21). The summed E-state index contributed by atoms with van der Waals surface area (Å²) < 4.78 is 26.8. The van der Waals surface area contributed by atoms with Gasteiger partial charge in [-0.2, -0.15) is 0 Å². The summed E-state index contributed by atoms with van der Waals surface area (Å²) in [5.74, 6) is -0.856. The van der Waals surface area contributed by atoms with Crippen LogP contribution in [0.1, 0.15) is 18.2 Å². The van der Waals surface area contributed by atoms with E-state index in [2.05, 4.69) is 4.72 Å². The highest BCUT2D eigenvalue weighted by molar-refractivity contribution is 7.90. The molecule has 0 radical (unpaired) electrons. The van der Waals surface area contributed by atoms with Crippen LogP contribution in [0.3, 0.4) is 0 Å². The molecular formula is C17H18N2O4S2. The monoisotopic (exact) mass is 378 g/mol. The highest BCUT2D eigenvalue weighted by Gasteiger charge is 2.50. The SMILES string of the molecule is CC1(C(=O)NS(=O)(=O)c2ccccc2)CCN1C(=O)Cc1cccs1. The summed E-state index contributed by atoms with van der Waals surface area (Å²) in [6.07, 6.45) is 0.644. The van der Waals surface area contributed by atoms with Crippen LogP contribution in [0.2, 0.25) is 0 Å². The number of hydrogen-bond donors (Lipinski definition) is 1. The minimum absolute atomic E-state index is 0.0164. The largest absolute Gasteiger partial charge is 0.328 e. The number of hydrogen-bond acceptors (Lipinski definition) is 5. The molecule has 2 amide bonds. The average Bonchev–Trinajstić information content (AvgIpc) is 3.06. The third-order valence-electron chi connectivity index (χ3n) is 4.39. The van der Waals surface area contributed by atoms with E-state index in [1.165, 1.54) is 28.4 Å². The zero-order valence-electron chi connectivity index (χ0n) is 13.6. The van der Waals surface area contributed by atoms with Crippen molar-refractivity contribution in [1.29, 1.82) is 0 Å². The summed E-state index contributed by atoms with van der Waals surface area (Å²) in [5, 5.41) is 1.89. The van der Waals surface area contributed by atoms with Gasteiger partial charge in [-0.05, 0) is 36.9 Å². The number of nitrogens with one attached hydrogen (secondary N) is 1. The van der Waals surface area contributed by atoms with Gasteiger partial charge in [-0.1, -0.05) is 24.3 Å². The number of carbonyl (C=O) groups is 2. The van der Waals surface area contributed by atoms with Crippen molar-refractivity contribution in [2.75, 3.05) is 6.54 Å². The van der Waals surface area contributed by atoms with Crippen LogP contribution in [0.4, 0.5) is 0 Å². The summed E-state index contributed by atoms with van der Waals surface area (Å²) in [4.78, 5) is 27.4. The zero-order valence-corrected chi connectivity index (χ0v) is 15.3. The highest BCUT2D eigenvalue weighted by Crippen LogP contribution is 2.32. The first-order valence-corrected chi connectivity index (χ1v) is 10.1. The smallest absolute Gasteiger partial charge is 0.264 e. The van der Waals surface area contributed by atoms with Gasteiger partial charge in [0.1, 0.15) is 5.54 Å². The Kier molecular flexibility index (Phi) is 4.66. The number of rotatable bonds is 5. The van der Waals surface area contributed by atoms with Crippen molar-refractivity contribution in [2.45, 2.75) is 30.2 Å². The Labute approximate surface area is 150 Å². The van der Waals surface area contributed by atoms with Gasteiger partial charge in [-0.25, -0.2) is 13.1 Å². The van der Waals surface area contributed by atoms with E-state index in [-0.39, 0.29) is 17.2 Å². The van der Waals surface area contributed by atoms with Crippen LogP contribution in [0.5, 0.6) is 0 Å². The quantitative estimate of drug-likeness (QED) is 0.860. The molecule has 1 unspecified atom stereocenters. The lowest BCUT2D eigenvalue weighted by Crippen LogP contribution is -2.68. The fraction of sp³-hybridized carbons (Fsp3) is 0.294. The Balaban J connectivity index is 1.72. The molecule has 1 aliphatic heterocycles. The molecule has 1 saturated heterocycles. The molecule has 1 fully saturated rings. The van der Waals surface area contributed by atoms with Gasteiger partial charge in [0.15, 0.2) is 0 Å². The minimum Gasteiger partial charge on any atom is -0.328 e. The van der Waals surface area contributed by atoms with Crippen molar-refractivity contribution < 1.29 is 18.0 Å². The van der Waals surface area contributed by atoms with Crippen molar-refractivity contribution in [3.63, 3.8) is 0 Å². The molecule has 0 aliphatic carbocycles. The van der Waals surface area contributed by atoms with Crippen molar-refractivity contribution in [3.05, 3.63) is 52.7 Å². The lowest BCUT2D eigenvalue weighted by atomic mass is 9.85. The number of carbonyl (C=O) groups excluding carboxylic acids is 2. The maximum absolute atomic E-state index is 12.6. The highest BCUT2D eigenvalue weighted by atomic mass is 32.2. The molecule has 0 bridgehead atoms. The van der Waals surface area contributed by atoms with E-state index in [0.29, 0.717) is 13.0 Å². The van der Waals surface area contributed by atoms with Gasteiger partial charge in [-0.3, -0.25) is 9.59 Å². The molecule has 132 valence electrons. The van der Waals surface area contributed by atoms with Crippen LogP contribution in [0.25, 0.3) is 0 Å². The van der Waals surface area contributed by atoms with E-state index in [9.17, 15) is 18.0 Å². The van der Waals surface area contributed by atoms with Crippen molar-refractivity contribution >= 4 is 33.2 Å². The van der Waals surface area contributed by atoms with Gasteiger partial charge in [0.2, 0.25) is 5.91 Å². The minimum atomic E-state index is -3.95. The summed E-state index contributed by atoms with van der Waals surface area (Å²) in [5.41, 5.74) is -1.14. The summed E-state index contributed by atoms with van der Waals surface area (Å²) in [6.45, 7) is 2.04. The van der Waals surface area contributed by atoms with Gasteiger partial charge in [0.25, 0.3) is 15.9 Å². The predicted molar refractivity (Wildman–Crippen MR) is 94.5 cm³/mol. The molecule has 25 heavy (non-hydrogen) atoms. The molecule has 3 rings (SSSR count). The summed E-state index contributed by atoms with van der Waals surface area (Å²) >= 11 is 1.48. The van der Waals surface area contributed by atoms with E-state index in [1.807, 2.05) is 17.5 Å². The second-order valence-corrected chi connectivity index (χ2v) is 8.79. The number of nitrogens with zero attached hydrogens (tertiary/aromatic N) is 1. The summed E-state index contributed by atoms with van der Waals surface area (Å²) in [6, 6.07) is 11.4. The van der Waals surface area contributed by atoms with E-state index in [4.69, 9.17) is 0 Å². The van der Waals surface area contributed by atoms with Gasteiger partial charge >= 0.3 is 0 Å². The van der Waals surface area contributed by atoms with E-state index in [0.717, 1.165) is 4.88 Å². The third-order valence-corrected chi connectivity index (χ3v) is 6.62. The Hall–Kier alpha value is -2.19. The zero-order chi connectivity index (χ0) is 18.1. The number of thiophene rings is 1. The number of benzene rings is 1. The topological polar surface area (TPSA) is 83.6 Å². The molecule has 0 saturated carbocycles. The lowest BCUT2D eigenvalue weighted by Gasteiger charge is -2.48. The number of likely N-dealkylation sites (tertiary alicyclic amines) is 1. The van der Waals surface area contributed by atoms with Gasteiger partial charge in [0, 0.05) is 11.4 Å². The Morgan fingerprint density at radius 2 is 1.92 bits per heavy atom. The third kappa shape index (κ3) is 3.45. The van der Waals surface area contributed by atoms with Crippen molar-refractivity contribution in [2.24, 2.45) is 0 Å². The Bertz CT molecular complexity index is 879. The van der Waals surface area contributed by atoms with E-state index >= 15 is 0 Å². The molecule has 8 heteroatoms. The molecular weight excluding hydrogens is 360 g/mol. The molecule has 1 aromatic heterocycles. The van der Waals surface area contributed by atoms with Crippen molar-refractivity contribution in [3.8, 4) is 0 Å². The molecule has 0 spiro atoms. The van der Waals surface area contributed by atoms with Crippen LogP contribution >= 0.6 is 11.3 Å². The van der Waals surface area contributed by atoms with Crippen LogP contribution in [-0.4, -0.2) is 37.2 Å². The van der Waals surface area contributed by atoms with Crippen LogP contribution in [0, 0.1) is 0 Å². The fourth-order valence-electron chi connectivity index (χ4n) is 2.74. The molecule has 2 aromatic rings. The second-order valence-electron chi connectivity index (χ2n) is 6.07. The fourth-order valence-corrected chi connectivity index (χ4v) is 4.54. The number of sulfonamides is 1. The first kappa shape index (κ1) is 17.6. The second kappa shape index (κ2) is 6.61. The lowest BCUT2D eigenvalue weighted by molar-refractivity contribution is -0.156.